The molecule has 9 aromatic rings. The maximum atomic E-state index is 10.5. The summed E-state index contributed by atoms with van der Waals surface area (Å²) in [5.74, 6) is 0. The molecule has 9 rings (SSSR count). The third-order valence-electron chi connectivity index (χ3n) is 9.67. The summed E-state index contributed by atoms with van der Waals surface area (Å²) < 4.78 is 4.37. The van der Waals surface area contributed by atoms with Gasteiger partial charge in [0.2, 0.25) is 0 Å². The molecule has 0 radical (unpaired) electrons. The highest BCUT2D eigenvalue weighted by Gasteiger charge is 2.22. The minimum atomic E-state index is 0.307. The van der Waals surface area contributed by atoms with Gasteiger partial charge in [-0.15, -0.1) is 0 Å². The lowest BCUT2D eigenvalue weighted by Crippen LogP contribution is -2.03. The molecule has 0 N–H and O–H groups in total. The molecule has 2 aromatic heterocycles. The molecule has 2 heterocycles. The van der Waals surface area contributed by atoms with E-state index in [4.69, 9.17) is 0 Å². The van der Waals surface area contributed by atoms with Crippen molar-refractivity contribution in [3.05, 3.63) is 168 Å². The molecule has 50 heavy (non-hydrogen) atoms. The molecular weight excluding hydrogens is 611 g/mol. The molecule has 5 heteroatoms. The van der Waals surface area contributed by atoms with Gasteiger partial charge in [0.05, 0.1) is 50.5 Å². The topological polar surface area (TPSA) is 81.2 Å². The average Bonchev–Trinajstić information content (AvgIpc) is 3.70. The van der Waals surface area contributed by atoms with Crippen molar-refractivity contribution < 1.29 is 0 Å². The SMILES string of the molecule is N#Cc1ccc2c(c1)c1ccccc1n2-c1c(-c2ccc(-c3ccc(-n4c5ccccc5c5ccccc54)cc3)cc2)ccc(C#N)c1C#N. The molecule has 0 bridgehead atoms. The van der Waals surface area contributed by atoms with E-state index in [0.717, 1.165) is 49.7 Å². The number of nitriles is 3. The van der Waals surface area contributed by atoms with Crippen LogP contribution in [0.2, 0.25) is 0 Å². The summed E-state index contributed by atoms with van der Waals surface area (Å²) >= 11 is 0. The van der Waals surface area contributed by atoms with Gasteiger partial charge in [0, 0.05) is 32.8 Å². The van der Waals surface area contributed by atoms with E-state index in [-0.39, 0.29) is 0 Å². The van der Waals surface area contributed by atoms with Crippen LogP contribution in [0, 0.1) is 34.0 Å². The highest BCUT2D eigenvalue weighted by atomic mass is 15.0. The molecule has 230 valence electrons. The van der Waals surface area contributed by atoms with Crippen LogP contribution in [0.15, 0.2) is 152 Å². The zero-order valence-corrected chi connectivity index (χ0v) is 26.7. The quantitative estimate of drug-likeness (QED) is 0.193. The van der Waals surface area contributed by atoms with Gasteiger partial charge in [0.15, 0.2) is 0 Å². The summed E-state index contributed by atoms with van der Waals surface area (Å²) in [7, 11) is 0. The molecule has 0 aliphatic heterocycles. The number of hydrogen-bond acceptors (Lipinski definition) is 3. The fourth-order valence-corrected chi connectivity index (χ4v) is 7.39. The van der Waals surface area contributed by atoms with E-state index in [1.807, 2.05) is 42.5 Å². The molecular formula is C45H25N5. The largest absolute Gasteiger partial charge is 0.309 e. The first kappa shape index (κ1) is 28.8. The van der Waals surface area contributed by atoms with Crippen LogP contribution in [0.4, 0.5) is 0 Å². The average molecular weight is 636 g/mol. The number of nitrogens with zero attached hydrogens (tertiary/aromatic N) is 5. The molecule has 5 nitrogen and oxygen atoms in total. The smallest absolute Gasteiger partial charge is 0.103 e. The number of aromatic nitrogens is 2. The summed E-state index contributed by atoms with van der Waals surface area (Å²) in [4.78, 5) is 0. The Morgan fingerprint density at radius 1 is 0.400 bits per heavy atom. The van der Waals surface area contributed by atoms with Crippen molar-refractivity contribution in [2.75, 3.05) is 0 Å². The predicted octanol–water partition coefficient (Wildman–Crippen LogP) is 10.8. The Kier molecular flexibility index (Phi) is 6.56. The second-order valence-corrected chi connectivity index (χ2v) is 12.3. The number of hydrogen-bond donors (Lipinski definition) is 0. The molecule has 0 saturated heterocycles. The zero-order valence-electron chi connectivity index (χ0n) is 26.7. The minimum absolute atomic E-state index is 0.307. The summed E-state index contributed by atoms with van der Waals surface area (Å²) in [5, 5.41) is 34.5. The van der Waals surface area contributed by atoms with Gasteiger partial charge in [-0.1, -0.05) is 97.1 Å². The second kappa shape index (κ2) is 11.4. The Bertz CT molecular complexity index is 2890. The lowest BCUT2D eigenvalue weighted by atomic mass is 9.95. The first-order chi connectivity index (χ1) is 24.7. The first-order valence-corrected chi connectivity index (χ1v) is 16.3. The molecule has 0 amide bonds. The third-order valence-corrected chi connectivity index (χ3v) is 9.67. The van der Waals surface area contributed by atoms with E-state index in [1.54, 1.807) is 12.1 Å². The maximum absolute atomic E-state index is 10.5. The van der Waals surface area contributed by atoms with Gasteiger partial charge >= 0.3 is 0 Å². The molecule has 0 aliphatic carbocycles. The van der Waals surface area contributed by atoms with Crippen molar-refractivity contribution in [1.29, 1.82) is 15.8 Å². The molecule has 0 atom stereocenters. The second-order valence-electron chi connectivity index (χ2n) is 12.3. The van der Waals surface area contributed by atoms with E-state index >= 15 is 0 Å². The Hall–Kier alpha value is -7.39. The number of benzene rings is 7. The van der Waals surface area contributed by atoms with Crippen LogP contribution in [0.25, 0.3) is 77.2 Å². The van der Waals surface area contributed by atoms with Crippen molar-refractivity contribution in [3.8, 4) is 51.8 Å². The summed E-state index contributed by atoms with van der Waals surface area (Å²) in [6.45, 7) is 0. The van der Waals surface area contributed by atoms with Crippen LogP contribution in [-0.2, 0) is 0 Å². The van der Waals surface area contributed by atoms with Crippen LogP contribution in [0.5, 0.6) is 0 Å². The van der Waals surface area contributed by atoms with Crippen LogP contribution in [0.1, 0.15) is 16.7 Å². The normalized spacial score (nSPS) is 11.1. The van der Waals surface area contributed by atoms with E-state index < -0.39 is 0 Å². The monoisotopic (exact) mass is 635 g/mol. The standard InChI is InChI=1S/C45H25N5/c46-26-29-13-24-44-39(25-29)38-9-3-6-12-43(38)50(44)45-35(23-20-33(27-47)40(45)28-48)32-16-14-30(15-17-32)31-18-21-34(22-19-31)49-41-10-4-1-7-36(41)37-8-2-5-11-42(37)49/h1-25H. The van der Waals surface area contributed by atoms with Crippen LogP contribution in [0.3, 0.4) is 0 Å². The fourth-order valence-electron chi connectivity index (χ4n) is 7.39. The molecule has 0 saturated carbocycles. The molecule has 0 aliphatic rings. The Morgan fingerprint density at radius 2 is 0.920 bits per heavy atom. The zero-order chi connectivity index (χ0) is 33.8. The number of para-hydroxylation sites is 3. The van der Waals surface area contributed by atoms with Gasteiger partial charge in [-0.3, -0.25) is 0 Å². The number of rotatable bonds is 4. The highest BCUT2D eigenvalue weighted by Crippen LogP contribution is 2.40. The summed E-state index contributed by atoms with van der Waals surface area (Å²) in [5.41, 5.74) is 10.9. The van der Waals surface area contributed by atoms with E-state index in [0.29, 0.717) is 22.4 Å². The van der Waals surface area contributed by atoms with Crippen molar-refractivity contribution in [2.24, 2.45) is 0 Å². The first-order valence-electron chi connectivity index (χ1n) is 16.3. The van der Waals surface area contributed by atoms with Gasteiger partial charge in [-0.2, -0.15) is 15.8 Å². The minimum Gasteiger partial charge on any atom is -0.309 e. The van der Waals surface area contributed by atoms with E-state index in [2.05, 4.69) is 124 Å². The molecule has 0 fully saturated rings. The predicted molar refractivity (Wildman–Crippen MR) is 200 cm³/mol. The van der Waals surface area contributed by atoms with Gasteiger partial charge in [0.25, 0.3) is 0 Å². The van der Waals surface area contributed by atoms with E-state index in [9.17, 15) is 15.8 Å². The lowest BCUT2D eigenvalue weighted by Gasteiger charge is -2.17. The van der Waals surface area contributed by atoms with Gasteiger partial charge in [-0.05, 0) is 71.3 Å². The Labute approximate surface area is 287 Å². The van der Waals surface area contributed by atoms with Crippen LogP contribution < -0.4 is 0 Å². The van der Waals surface area contributed by atoms with Crippen molar-refractivity contribution in [3.63, 3.8) is 0 Å². The lowest BCUT2D eigenvalue weighted by molar-refractivity contribution is 1.16. The fraction of sp³-hybridized carbons (Fsp3) is 0. The summed E-state index contributed by atoms with van der Waals surface area (Å²) in [6.07, 6.45) is 0. The van der Waals surface area contributed by atoms with Crippen molar-refractivity contribution in [1.82, 2.24) is 9.13 Å². The van der Waals surface area contributed by atoms with Crippen LogP contribution in [-0.4, -0.2) is 9.13 Å². The van der Waals surface area contributed by atoms with E-state index in [1.165, 1.54) is 21.8 Å². The van der Waals surface area contributed by atoms with Gasteiger partial charge in [0.1, 0.15) is 12.1 Å². The highest BCUT2D eigenvalue weighted by molar-refractivity contribution is 6.11. The molecule has 0 spiro atoms. The van der Waals surface area contributed by atoms with Crippen molar-refractivity contribution in [2.45, 2.75) is 0 Å². The number of fused-ring (bicyclic) bond motifs is 6. The maximum Gasteiger partial charge on any atom is 0.103 e. The van der Waals surface area contributed by atoms with Gasteiger partial charge in [-0.25, -0.2) is 0 Å². The Morgan fingerprint density at radius 3 is 1.50 bits per heavy atom. The van der Waals surface area contributed by atoms with Gasteiger partial charge < -0.3 is 9.13 Å². The Balaban J connectivity index is 1.16. The molecule has 7 aromatic carbocycles. The van der Waals surface area contributed by atoms with Crippen LogP contribution >= 0.6 is 0 Å². The molecule has 0 unspecified atom stereocenters. The van der Waals surface area contributed by atoms with Crippen molar-refractivity contribution >= 4 is 43.6 Å². The third kappa shape index (κ3) is 4.31. The summed E-state index contributed by atoms with van der Waals surface area (Å²) in [6, 6.07) is 58.0.